The fraction of sp³-hybridized carbons (Fsp3) is 0.556. The number of likely N-dealkylation sites (tertiary alicyclic amines) is 1. The van der Waals surface area contributed by atoms with Crippen LogP contribution < -0.4 is 5.32 Å². The predicted octanol–water partition coefficient (Wildman–Crippen LogP) is 1.52. The minimum absolute atomic E-state index is 0.130. The monoisotopic (exact) mass is 342 g/mol. The number of carbonyl (C=O) groups is 1. The molecule has 25 heavy (non-hydrogen) atoms. The molecular formula is C18H26N6O. The number of amides is 1. The summed E-state index contributed by atoms with van der Waals surface area (Å²) < 4.78 is 1.97. The summed E-state index contributed by atoms with van der Waals surface area (Å²) in [4.78, 5) is 18.5. The van der Waals surface area contributed by atoms with Crippen LogP contribution in [0.4, 0.5) is 0 Å². The topological polar surface area (TPSA) is 75.9 Å². The first kappa shape index (κ1) is 17.5. The highest BCUT2D eigenvalue weighted by Crippen LogP contribution is 2.22. The fourth-order valence-corrected chi connectivity index (χ4v) is 3.21. The summed E-state index contributed by atoms with van der Waals surface area (Å²) in [5, 5.41) is 11.1. The average Bonchev–Trinajstić information content (AvgIpc) is 3.05. The number of carbonyl (C=O) groups excluding carboxylic acids is 1. The van der Waals surface area contributed by atoms with E-state index in [9.17, 15) is 4.79 Å². The third-order valence-corrected chi connectivity index (χ3v) is 4.87. The number of pyridine rings is 1. The van der Waals surface area contributed by atoms with Crippen molar-refractivity contribution in [3.8, 4) is 0 Å². The maximum atomic E-state index is 12.0. The number of aryl methyl sites for hydroxylation is 1. The molecule has 3 heterocycles. The van der Waals surface area contributed by atoms with Gasteiger partial charge < -0.3 is 9.88 Å². The van der Waals surface area contributed by atoms with E-state index in [2.05, 4.69) is 25.4 Å². The highest BCUT2D eigenvalue weighted by molar-refractivity contribution is 5.75. The second kappa shape index (κ2) is 8.71. The first-order chi connectivity index (χ1) is 12.2. The molecule has 1 aliphatic rings. The molecule has 0 radical (unpaired) electrons. The van der Waals surface area contributed by atoms with Crippen molar-refractivity contribution >= 4 is 5.91 Å². The molecule has 1 saturated heterocycles. The van der Waals surface area contributed by atoms with Crippen LogP contribution in [0.3, 0.4) is 0 Å². The predicted molar refractivity (Wildman–Crippen MR) is 94.3 cm³/mol. The van der Waals surface area contributed by atoms with Crippen LogP contribution in [0, 0.1) is 5.92 Å². The second-order valence-electron chi connectivity index (χ2n) is 6.75. The summed E-state index contributed by atoms with van der Waals surface area (Å²) in [5.41, 5.74) is 1.04. The summed E-state index contributed by atoms with van der Waals surface area (Å²) in [7, 11) is 1.98. The number of nitrogens with zero attached hydrogens (tertiary/aromatic N) is 5. The molecular weight excluding hydrogens is 316 g/mol. The summed E-state index contributed by atoms with van der Waals surface area (Å²) in [6, 6.07) is 3.86. The largest absolute Gasteiger partial charge is 0.352 e. The van der Waals surface area contributed by atoms with E-state index in [0.29, 0.717) is 18.9 Å². The van der Waals surface area contributed by atoms with Crippen LogP contribution in [0.15, 0.2) is 30.9 Å². The van der Waals surface area contributed by atoms with Crippen LogP contribution in [0.25, 0.3) is 0 Å². The molecule has 1 amide bonds. The normalized spacial score (nSPS) is 16.0. The van der Waals surface area contributed by atoms with E-state index < -0.39 is 0 Å². The number of nitrogens with one attached hydrogen (secondary N) is 1. The van der Waals surface area contributed by atoms with Crippen molar-refractivity contribution < 1.29 is 4.79 Å². The van der Waals surface area contributed by atoms with Gasteiger partial charge in [0.05, 0.1) is 6.54 Å². The molecule has 134 valence electrons. The first-order valence-corrected chi connectivity index (χ1v) is 8.91. The van der Waals surface area contributed by atoms with E-state index in [1.165, 1.54) is 0 Å². The molecule has 1 aliphatic heterocycles. The van der Waals surface area contributed by atoms with Crippen molar-refractivity contribution in [1.29, 1.82) is 0 Å². The summed E-state index contributed by atoms with van der Waals surface area (Å²) in [6.07, 6.45) is 9.13. The Balaban J connectivity index is 1.32. The number of rotatable bonds is 7. The Bertz CT molecular complexity index is 663. The van der Waals surface area contributed by atoms with Gasteiger partial charge in [0.25, 0.3) is 0 Å². The van der Waals surface area contributed by atoms with Crippen molar-refractivity contribution in [2.45, 2.75) is 38.8 Å². The van der Waals surface area contributed by atoms with Crippen LogP contribution in [-0.2, 0) is 24.9 Å². The molecule has 1 fully saturated rings. The smallest absolute Gasteiger partial charge is 0.220 e. The van der Waals surface area contributed by atoms with Gasteiger partial charge in [-0.15, -0.1) is 10.2 Å². The molecule has 0 unspecified atom stereocenters. The van der Waals surface area contributed by atoms with Crippen molar-refractivity contribution in [1.82, 2.24) is 30.0 Å². The Morgan fingerprint density at radius 3 is 2.88 bits per heavy atom. The lowest BCUT2D eigenvalue weighted by Gasteiger charge is -2.31. The molecule has 1 N–H and O–H groups in total. The number of hydrogen-bond acceptors (Lipinski definition) is 5. The van der Waals surface area contributed by atoms with E-state index >= 15 is 0 Å². The lowest BCUT2D eigenvalue weighted by molar-refractivity contribution is -0.121. The van der Waals surface area contributed by atoms with Crippen LogP contribution in [0.5, 0.6) is 0 Å². The molecule has 0 aliphatic carbocycles. The standard InChI is InChI=1S/C18H26N6O/c1-23-14-21-22-17(23)13-24-9-6-15(7-10-24)4-5-18(25)20-12-16-3-2-8-19-11-16/h2-3,8,11,14-15H,4-7,9-10,12-13H2,1H3,(H,20,25). The minimum atomic E-state index is 0.130. The van der Waals surface area contributed by atoms with Crippen LogP contribution >= 0.6 is 0 Å². The minimum Gasteiger partial charge on any atom is -0.352 e. The highest BCUT2D eigenvalue weighted by atomic mass is 16.1. The maximum absolute atomic E-state index is 12.0. The summed E-state index contributed by atoms with van der Waals surface area (Å²) in [5.74, 6) is 1.78. The third kappa shape index (κ3) is 5.35. The van der Waals surface area contributed by atoms with Gasteiger partial charge in [-0.3, -0.25) is 14.7 Å². The Morgan fingerprint density at radius 2 is 2.20 bits per heavy atom. The van der Waals surface area contributed by atoms with E-state index in [4.69, 9.17) is 0 Å². The van der Waals surface area contributed by atoms with Gasteiger partial charge in [-0.2, -0.15) is 0 Å². The molecule has 0 atom stereocenters. The van der Waals surface area contributed by atoms with E-state index in [-0.39, 0.29) is 5.91 Å². The molecule has 0 aromatic carbocycles. The zero-order chi connectivity index (χ0) is 17.5. The van der Waals surface area contributed by atoms with Crippen molar-refractivity contribution in [3.05, 3.63) is 42.2 Å². The zero-order valence-corrected chi connectivity index (χ0v) is 14.8. The summed E-state index contributed by atoms with van der Waals surface area (Å²) >= 11 is 0. The van der Waals surface area contributed by atoms with Gasteiger partial charge in [0, 0.05) is 32.4 Å². The van der Waals surface area contributed by atoms with Gasteiger partial charge in [0.2, 0.25) is 5.91 Å². The molecule has 3 rings (SSSR count). The Labute approximate surface area is 148 Å². The molecule has 7 heteroatoms. The molecule has 0 bridgehead atoms. The zero-order valence-electron chi connectivity index (χ0n) is 14.8. The average molecular weight is 342 g/mol. The van der Waals surface area contributed by atoms with Crippen molar-refractivity contribution in [2.24, 2.45) is 13.0 Å². The lowest BCUT2D eigenvalue weighted by Crippen LogP contribution is -2.34. The molecule has 2 aromatic rings. The third-order valence-electron chi connectivity index (χ3n) is 4.87. The Kier molecular flexibility index (Phi) is 6.11. The Morgan fingerprint density at radius 1 is 1.36 bits per heavy atom. The van der Waals surface area contributed by atoms with Crippen LogP contribution in [-0.4, -0.2) is 43.6 Å². The maximum Gasteiger partial charge on any atom is 0.220 e. The number of aromatic nitrogens is 4. The first-order valence-electron chi connectivity index (χ1n) is 8.91. The highest BCUT2D eigenvalue weighted by Gasteiger charge is 2.21. The van der Waals surface area contributed by atoms with Crippen molar-refractivity contribution in [3.63, 3.8) is 0 Å². The van der Waals surface area contributed by atoms with Gasteiger partial charge in [-0.25, -0.2) is 0 Å². The van der Waals surface area contributed by atoms with Gasteiger partial charge in [0.15, 0.2) is 0 Å². The number of hydrogen-bond donors (Lipinski definition) is 1. The van der Waals surface area contributed by atoms with Crippen LogP contribution in [0.1, 0.15) is 37.1 Å². The SMILES string of the molecule is Cn1cnnc1CN1CCC(CCC(=O)NCc2cccnc2)CC1. The second-order valence-corrected chi connectivity index (χ2v) is 6.75. The molecule has 0 spiro atoms. The molecule has 2 aromatic heterocycles. The van der Waals surface area contributed by atoms with Gasteiger partial charge in [0.1, 0.15) is 12.2 Å². The van der Waals surface area contributed by atoms with E-state index in [1.54, 1.807) is 18.7 Å². The Hall–Kier alpha value is -2.28. The van der Waals surface area contributed by atoms with Gasteiger partial charge >= 0.3 is 0 Å². The quantitative estimate of drug-likeness (QED) is 0.826. The van der Waals surface area contributed by atoms with Crippen LogP contribution in [0.2, 0.25) is 0 Å². The van der Waals surface area contributed by atoms with Gasteiger partial charge in [-0.05, 0) is 49.9 Å². The number of piperidine rings is 1. The lowest BCUT2D eigenvalue weighted by atomic mass is 9.92. The molecule has 0 saturated carbocycles. The molecule has 7 nitrogen and oxygen atoms in total. The van der Waals surface area contributed by atoms with E-state index in [0.717, 1.165) is 50.3 Å². The summed E-state index contributed by atoms with van der Waals surface area (Å²) in [6.45, 7) is 3.54. The van der Waals surface area contributed by atoms with E-state index in [1.807, 2.05) is 23.7 Å². The fourth-order valence-electron chi connectivity index (χ4n) is 3.21. The van der Waals surface area contributed by atoms with Crippen molar-refractivity contribution in [2.75, 3.05) is 13.1 Å². The van der Waals surface area contributed by atoms with Gasteiger partial charge in [-0.1, -0.05) is 6.07 Å².